The van der Waals surface area contributed by atoms with Crippen molar-refractivity contribution in [2.75, 3.05) is 10.6 Å². The van der Waals surface area contributed by atoms with Crippen LogP contribution in [-0.4, -0.2) is 34.0 Å². The summed E-state index contributed by atoms with van der Waals surface area (Å²) in [5.74, 6) is -3.60. The molecule has 2 amide bonds. The second-order valence-electron chi connectivity index (χ2n) is 7.32. The Hall–Kier alpha value is -4.98. The van der Waals surface area contributed by atoms with E-state index in [1.807, 2.05) is 0 Å². The van der Waals surface area contributed by atoms with Crippen molar-refractivity contribution in [3.63, 3.8) is 0 Å². The van der Waals surface area contributed by atoms with Crippen molar-refractivity contribution < 1.29 is 29.4 Å². The summed E-state index contributed by atoms with van der Waals surface area (Å²) in [6, 6.07) is 22.0. The van der Waals surface area contributed by atoms with Crippen LogP contribution in [0.25, 0.3) is 10.8 Å². The minimum absolute atomic E-state index is 0.0155. The molecule has 0 aliphatic rings. The number of benzene rings is 4. The SMILES string of the molecule is O=C(O)c1ccccc1C(=O)Nc1cccc2c(NC(=O)c3ccccc3C(=O)O)cccc12. The molecule has 0 aromatic heterocycles. The third-order valence-electron chi connectivity index (χ3n) is 5.22. The molecule has 0 heterocycles. The van der Waals surface area contributed by atoms with Crippen molar-refractivity contribution >= 4 is 45.9 Å². The first-order valence-corrected chi connectivity index (χ1v) is 10.2. The number of hydrogen-bond donors (Lipinski definition) is 4. The fourth-order valence-electron chi connectivity index (χ4n) is 3.64. The molecule has 34 heavy (non-hydrogen) atoms. The molecule has 0 atom stereocenters. The molecule has 0 aliphatic carbocycles. The average Bonchev–Trinajstić information content (AvgIpc) is 2.84. The van der Waals surface area contributed by atoms with E-state index in [4.69, 9.17) is 0 Å². The molecule has 4 aromatic rings. The number of nitrogens with one attached hydrogen (secondary N) is 2. The summed E-state index contributed by atoms with van der Waals surface area (Å²) in [5.41, 5.74) is 0.633. The van der Waals surface area contributed by atoms with Crippen molar-refractivity contribution in [3.8, 4) is 0 Å². The molecule has 8 nitrogen and oxygen atoms in total. The molecule has 0 bridgehead atoms. The minimum atomic E-state index is -1.21. The second kappa shape index (κ2) is 9.25. The molecule has 4 aromatic carbocycles. The van der Waals surface area contributed by atoms with E-state index >= 15 is 0 Å². The quantitative estimate of drug-likeness (QED) is 0.333. The smallest absolute Gasteiger partial charge is 0.336 e. The first-order chi connectivity index (χ1) is 16.4. The molecule has 0 spiro atoms. The lowest BCUT2D eigenvalue weighted by Gasteiger charge is -2.14. The van der Waals surface area contributed by atoms with Crippen LogP contribution < -0.4 is 10.6 Å². The number of amides is 2. The maximum Gasteiger partial charge on any atom is 0.336 e. The van der Waals surface area contributed by atoms with Crippen molar-refractivity contribution in [1.82, 2.24) is 0 Å². The fourth-order valence-corrected chi connectivity index (χ4v) is 3.64. The van der Waals surface area contributed by atoms with Crippen molar-refractivity contribution in [3.05, 3.63) is 107 Å². The topological polar surface area (TPSA) is 133 Å². The van der Waals surface area contributed by atoms with Gasteiger partial charge in [-0.1, -0.05) is 48.5 Å². The third kappa shape index (κ3) is 4.33. The van der Waals surface area contributed by atoms with Crippen LogP contribution in [0.3, 0.4) is 0 Å². The first kappa shape index (κ1) is 22.2. The van der Waals surface area contributed by atoms with Crippen LogP contribution in [0.5, 0.6) is 0 Å². The Morgan fingerprint density at radius 1 is 0.471 bits per heavy atom. The molecular weight excluding hydrogens is 436 g/mol. The summed E-state index contributed by atoms with van der Waals surface area (Å²) in [5, 5.41) is 25.4. The van der Waals surface area contributed by atoms with Crippen molar-refractivity contribution in [2.45, 2.75) is 0 Å². The van der Waals surface area contributed by atoms with Crippen molar-refractivity contribution in [2.24, 2.45) is 0 Å². The fraction of sp³-hybridized carbons (Fsp3) is 0. The second-order valence-corrected chi connectivity index (χ2v) is 7.32. The zero-order chi connectivity index (χ0) is 24.2. The number of aromatic carboxylic acids is 2. The van der Waals surface area contributed by atoms with Gasteiger partial charge < -0.3 is 20.8 Å². The lowest BCUT2D eigenvalue weighted by molar-refractivity contribution is 0.0683. The Labute approximate surface area is 193 Å². The summed E-state index contributed by atoms with van der Waals surface area (Å²) in [7, 11) is 0. The first-order valence-electron chi connectivity index (χ1n) is 10.2. The minimum Gasteiger partial charge on any atom is -0.478 e. The van der Waals surface area contributed by atoms with Crippen LogP contribution >= 0.6 is 0 Å². The van der Waals surface area contributed by atoms with E-state index in [1.165, 1.54) is 36.4 Å². The number of anilines is 2. The van der Waals surface area contributed by atoms with Crippen molar-refractivity contribution in [1.29, 1.82) is 0 Å². The Kier molecular flexibility index (Phi) is 6.05. The van der Waals surface area contributed by atoms with Gasteiger partial charge in [0.15, 0.2) is 0 Å². The number of carboxylic acid groups (broad SMARTS) is 2. The molecule has 8 heteroatoms. The normalized spacial score (nSPS) is 10.5. The maximum atomic E-state index is 12.8. The Bertz CT molecular complexity index is 1350. The highest BCUT2D eigenvalue weighted by Gasteiger charge is 2.19. The summed E-state index contributed by atoms with van der Waals surface area (Å²) in [6.07, 6.45) is 0. The van der Waals surface area contributed by atoms with Gasteiger partial charge >= 0.3 is 11.9 Å². The Balaban J connectivity index is 1.67. The number of hydrogen-bond acceptors (Lipinski definition) is 4. The molecule has 0 aliphatic heterocycles. The monoisotopic (exact) mass is 454 g/mol. The maximum absolute atomic E-state index is 12.8. The van der Waals surface area contributed by atoms with Gasteiger partial charge in [0.25, 0.3) is 11.8 Å². The number of carbonyl (C=O) groups excluding carboxylic acids is 2. The summed E-state index contributed by atoms with van der Waals surface area (Å²) in [6.45, 7) is 0. The van der Waals surface area contributed by atoms with Crippen LogP contribution in [0, 0.1) is 0 Å². The highest BCUT2D eigenvalue weighted by atomic mass is 16.4. The molecule has 0 radical (unpaired) electrons. The van der Waals surface area contributed by atoms with Gasteiger partial charge in [-0.3, -0.25) is 9.59 Å². The molecule has 0 unspecified atom stereocenters. The summed E-state index contributed by atoms with van der Waals surface area (Å²) in [4.78, 5) is 48.6. The standard InChI is InChI=1S/C26H18N2O6/c29-23(17-7-1-3-9-19(17)25(31)32)27-21-13-5-12-16-15(21)11-6-14-22(16)28-24(30)18-8-2-4-10-20(18)26(33)34/h1-14H,(H,27,29)(H,28,30)(H,31,32)(H,33,34). The summed E-state index contributed by atoms with van der Waals surface area (Å²) < 4.78 is 0. The zero-order valence-corrected chi connectivity index (χ0v) is 17.6. The van der Waals surface area contributed by atoms with Crippen LogP contribution in [0.4, 0.5) is 11.4 Å². The number of fused-ring (bicyclic) bond motifs is 1. The van der Waals surface area contributed by atoms with Gasteiger partial charge in [0.2, 0.25) is 0 Å². The van der Waals surface area contributed by atoms with Gasteiger partial charge in [0, 0.05) is 22.1 Å². The van der Waals surface area contributed by atoms with E-state index in [-0.39, 0.29) is 22.3 Å². The van der Waals surface area contributed by atoms with Gasteiger partial charge in [-0.15, -0.1) is 0 Å². The highest BCUT2D eigenvalue weighted by Crippen LogP contribution is 2.30. The molecule has 0 fully saturated rings. The van der Waals surface area contributed by atoms with Crippen LogP contribution in [-0.2, 0) is 0 Å². The number of rotatable bonds is 6. The van der Waals surface area contributed by atoms with E-state index in [0.29, 0.717) is 22.1 Å². The molecule has 4 rings (SSSR count). The number of carboxylic acids is 2. The molecule has 168 valence electrons. The predicted molar refractivity (Wildman–Crippen MR) is 127 cm³/mol. The molecule has 0 saturated carbocycles. The van der Waals surface area contributed by atoms with Crippen LogP contribution in [0.1, 0.15) is 41.4 Å². The number of carbonyl (C=O) groups is 4. The predicted octanol–water partition coefficient (Wildman–Crippen LogP) is 4.74. The van der Waals surface area contributed by atoms with E-state index in [1.54, 1.807) is 48.5 Å². The lowest BCUT2D eigenvalue weighted by Crippen LogP contribution is -2.17. The van der Waals surface area contributed by atoms with Gasteiger partial charge in [-0.05, 0) is 36.4 Å². The third-order valence-corrected chi connectivity index (χ3v) is 5.22. The zero-order valence-electron chi connectivity index (χ0n) is 17.6. The Morgan fingerprint density at radius 3 is 1.18 bits per heavy atom. The van der Waals surface area contributed by atoms with E-state index in [0.717, 1.165) is 0 Å². The van der Waals surface area contributed by atoms with Gasteiger partial charge in [0.1, 0.15) is 0 Å². The van der Waals surface area contributed by atoms with E-state index in [2.05, 4.69) is 10.6 Å². The average molecular weight is 454 g/mol. The van der Waals surface area contributed by atoms with E-state index in [9.17, 15) is 29.4 Å². The lowest BCUT2D eigenvalue weighted by atomic mass is 10.0. The Morgan fingerprint density at radius 2 is 0.824 bits per heavy atom. The van der Waals surface area contributed by atoms with Gasteiger partial charge in [-0.2, -0.15) is 0 Å². The van der Waals surface area contributed by atoms with Gasteiger partial charge in [0.05, 0.1) is 22.3 Å². The highest BCUT2D eigenvalue weighted by molar-refractivity contribution is 6.17. The molecular formula is C26H18N2O6. The summed E-state index contributed by atoms with van der Waals surface area (Å²) >= 11 is 0. The van der Waals surface area contributed by atoms with Crippen LogP contribution in [0.2, 0.25) is 0 Å². The van der Waals surface area contributed by atoms with E-state index < -0.39 is 23.8 Å². The molecule has 4 N–H and O–H groups in total. The molecule has 0 saturated heterocycles. The van der Waals surface area contributed by atoms with Gasteiger partial charge in [-0.25, -0.2) is 9.59 Å². The van der Waals surface area contributed by atoms with Crippen LogP contribution in [0.15, 0.2) is 84.9 Å². The largest absolute Gasteiger partial charge is 0.478 e.